The van der Waals surface area contributed by atoms with Crippen LogP contribution in [0.3, 0.4) is 0 Å². The topological polar surface area (TPSA) is 118 Å². The first kappa shape index (κ1) is 32.0. The van der Waals surface area contributed by atoms with Crippen LogP contribution < -0.4 is 20.9 Å². The summed E-state index contributed by atoms with van der Waals surface area (Å²) in [6.07, 6.45) is 1.40. The molecule has 0 amide bonds. The van der Waals surface area contributed by atoms with E-state index in [1.165, 1.54) is 35.1 Å². The number of aromatic nitrogens is 2. The molecule has 0 aliphatic carbocycles. The van der Waals surface area contributed by atoms with Gasteiger partial charge in [-0.25, -0.2) is 18.2 Å². The molecule has 0 radical (unpaired) electrons. The molecule has 1 aromatic heterocycles. The van der Waals surface area contributed by atoms with Crippen LogP contribution in [0, 0.1) is 22.9 Å². The number of amidine groups is 1. The molecule has 0 aliphatic heterocycles. The molecule has 0 spiro atoms. The molecule has 45 heavy (non-hydrogen) atoms. The van der Waals surface area contributed by atoms with Crippen molar-refractivity contribution in [2.24, 2.45) is 0 Å². The number of fused-ring (bicyclic) bond motifs is 1. The number of rotatable bonds is 9. The predicted molar refractivity (Wildman–Crippen MR) is 173 cm³/mol. The maximum atomic E-state index is 14.7. The molecule has 2 atom stereocenters. The predicted octanol–water partition coefficient (Wildman–Crippen LogP) is 5.88. The first-order chi connectivity index (χ1) is 21.5. The second kappa shape index (κ2) is 13.3. The van der Waals surface area contributed by atoms with Gasteiger partial charge in [0.15, 0.2) is 5.84 Å². The van der Waals surface area contributed by atoms with Crippen LogP contribution >= 0.6 is 11.6 Å². The van der Waals surface area contributed by atoms with Crippen molar-refractivity contribution in [1.29, 1.82) is 5.41 Å². The zero-order chi connectivity index (χ0) is 32.4. The third kappa shape index (κ3) is 6.54. The summed E-state index contributed by atoms with van der Waals surface area (Å²) in [6.45, 7) is 0. The van der Waals surface area contributed by atoms with Crippen LogP contribution in [0.2, 0.25) is 5.02 Å². The maximum absolute atomic E-state index is 14.7. The van der Waals surface area contributed by atoms with E-state index in [-0.39, 0.29) is 50.9 Å². The van der Waals surface area contributed by atoms with E-state index < -0.39 is 40.4 Å². The number of hydrogen-bond acceptors (Lipinski definition) is 6. The first-order valence-corrected chi connectivity index (χ1v) is 15.6. The highest BCUT2D eigenvalue weighted by Gasteiger charge is 2.26. The molecule has 0 saturated heterocycles. The van der Waals surface area contributed by atoms with Crippen molar-refractivity contribution in [1.82, 2.24) is 19.6 Å². The molecule has 0 aliphatic rings. The van der Waals surface area contributed by atoms with Gasteiger partial charge in [-0.1, -0.05) is 35.9 Å². The van der Waals surface area contributed by atoms with E-state index in [1.54, 1.807) is 56.6 Å². The van der Waals surface area contributed by atoms with E-state index >= 15 is 0 Å². The Morgan fingerprint density at radius 2 is 1.76 bits per heavy atom. The molecule has 0 saturated carbocycles. The molecule has 2 unspecified atom stereocenters. The highest BCUT2D eigenvalue weighted by molar-refractivity contribution is 7.89. The van der Waals surface area contributed by atoms with Gasteiger partial charge in [0.05, 0.1) is 50.3 Å². The van der Waals surface area contributed by atoms with Gasteiger partial charge in [0, 0.05) is 18.7 Å². The van der Waals surface area contributed by atoms with Crippen molar-refractivity contribution in [3.8, 4) is 16.8 Å². The number of benzene rings is 4. The van der Waals surface area contributed by atoms with Crippen LogP contribution in [0.15, 0.2) is 77.6 Å². The Hall–Kier alpha value is -4.36. The van der Waals surface area contributed by atoms with Crippen LogP contribution in [-0.4, -0.2) is 40.3 Å². The highest BCUT2D eigenvalue weighted by atomic mass is 35.5. The minimum Gasteiger partial charge on any atom is -0.593 e. The monoisotopic (exact) mass is 652 g/mol. The number of anilines is 1. The molecule has 4 aromatic carbocycles. The Balaban J connectivity index is 1.81. The van der Waals surface area contributed by atoms with Gasteiger partial charge < -0.3 is 15.2 Å². The van der Waals surface area contributed by atoms with Crippen molar-refractivity contribution in [3.63, 3.8) is 0 Å². The summed E-state index contributed by atoms with van der Waals surface area (Å²) >= 11 is 4.91. The van der Waals surface area contributed by atoms with E-state index in [4.69, 9.17) is 22.0 Å². The Kier molecular flexibility index (Phi) is 9.49. The molecule has 13 heteroatoms. The van der Waals surface area contributed by atoms with E-state index in [2.05, 4.69) is 15.4 Å². The van der Waals surface area contributed by atoms with E-state index in [0.717, 1.165) is 6.07 Å². The Morgan fingerprint density at radius 1 is 1.04 bits per heavy atom. The van der Waals surface area contributed by atoms with E-state index in [0.29, 0.717) is 16.7 Å². The minimum atomic E-state index is -1.59. The minimum absolute atomic E-state index is 0.0393. The number of nitrogens with zero attached hydrogens (tertiary/aromatic N) is 2. The Labute approximate surface area is 265 Å². The van der Waals surface area contributed by atoms with Crippen molar-refractivity contribution < 1.29 is 17.7 Å². The number of nitrogens with one attached hydrogen (secondary N) is 4. The molecule has 5 rings (SSSR count). The summed E-state index contributed by atoms with van der Waals surface area (Å²) in [6, 6.07) is 16.5. The number of halogens is 4. The fourth-order valence-corrected chi connectivity index (χ4v) is 5.91. The first-order valence-electron chi connectivity index (χ1n) is 13.7. The quantitative estimate of drug-likeness (QED) is 0.0898. The maximum Gasteiger partial charge on any atom is 0.266 e. The lowest BCUT2D eigenvalue weighted by atomic mass is 10.0. The van der Waals surface area contributed by atoms with Gasteiger partial charge in [-0.15, -0.1) is 0 Å². The third-order valence-electron chi connectivity index (χ3n) is 7.22. The van der Waals surface area contributed by atoms with Crippen molar-refractivity contribution in [2.75, 3.05) is 25.7 Å². The van der Waals surface area contributed by atoms with E-state index in [9.17, 15) is 22.5 Å². The summed E-state index contributed by atoms with van der Waals surface area (Å²) in [5, 5.41) is 15.0. The van der Waals surface area contributed by atoms with Crippen LogP contribution in [0.1, 0.15) is 23.0 Å². The van der Waals surface area contributed by atoms with Crippen molar-refractivity contribution in [2.45, 2.75) is 12.5 Å². The van der Waals surface area contributed by atoms with Crippen LogP contribution in [0.5, 0.6) is 0 Å². The standard InChI is InChI=1S/C32H28ClF3N6O2S/c1-38-26(14-17-12-19(34)16-20(35)13-17)31-40-25-15-18(21-6-4-5-7-24(21)36)8-9-22(25)32(43)42(31)27-11-10-23(33)28(29(27)39-2)30(37)41-45(3)44/h4-13,15-16,26,38-39H,14H2,1-3H3,(H2,37,41). The second-order valence-corrected chi connectivity index (χ2v) is 11.7. The molecule has 1 heterocycles. The average Bonchev–Trinajstić information content (AvgIpc) is 2.99. The molecule has 8 nitrogen and oxygen atoms in total. The van der Waals surface area contributed by atoms with Gasteiger partial charge in [0.25, 0.3) is 5.56 Å². The second-order valence-electron chi connectivity index (χ2n) is 10.1. The lowest BCUT2D eigenvalue weighted by molar-refractivity contribution is 0.532. The van der Waals surface area contributed by atoms with Gasteiger partial charge in [0.1, 0.15) is 29.5 Å². The molecular weight excluding hydrogens is 625 g/mol. The smallest absolute Gasteiger partial charge is 0.266 e. The largest absolute Gasteiger partial charge is 0.593 e. The summed E-state index contributed by atoms with van der Waals surface area (Å²) < 4.78 is 58.8. The molecule has 232 valence electrons. The normalized spacial score (nSPS) is 12.6. The van der Waals surface area contributed by atoms with Gasteiger partial charge in [-0.2, -0.15) is 4.72 Å². The van der Waals surface area contributed by atoms with E-state index in [1.807, 2.05) is 0 Å². The Bertz CT molecular complexity index is 1970. The van der Waals surface area contributed by atoms with Gasteiger partial charge in [-0.05, 0) is 67.1 Å². The molecule has 4 N–H and O–H groups in total. The summed E-state index contributed by atoms with van der Waals surface area (Å²) in [7, 11) is 3.21. The van der Waals surface area contributed by atoms with Crippen molar-refractivity contribution in [3.05, 3.63) is 123 Å². The molecule has 5 aromatic rings. The lowest BCUT2D eigenvalue weighted by Crippen LogP contribution is -2.33. The SMILES string of the molecule is CNc1c(-n2c(C(Cc3cc(F)cc(F)c3)NC)nc3cc(-c4ccccc4F)ccc3c2=O)ccc(Cl)c1C(=N)N[S+](C)[O-]. The Morgan fingerprint density at radius 3 is 2.40 bits per heavy atom. The van der Waals surface area contributed by atoms with Crippen molar-refractivity contribution >= 4 is 45.4 Å². The zero-order valence-electron chi connectivity index (χ0n) is 24.3. The fourth-order valence-electron chi connectivity index (χ4n) is 5.26. The summed E-state index contributed by atoms with van der Waals surface area (Å²) in [4.78, 5) is 19.3. The highest BCUT2D eigenvalue weighted by Crippen LogP contribution is 2.33. The molecule has 0 bridgehead atoms. The van der Waals surface area contributed by atoms with Gasteiger partial charge in [0.2, 0.25) is 0 Å². The fraction of sp³-hybridized carbons (Fsp3) is 0.156. The average molecular weight is 653 g/mol. The lowest BCUT2D eigenvalue weighted by Gasteiger charge is -2.24. The number of hydrogen-bond donors (Lipinski definition) is 4. The zero-order valence-corrected chi connectivity index (χ0v) is 25.9. The number of likely N-dealkylation sites (N-methyl/N-ethyl adjacent to an activating group) is 1. The van der Waals surface area contributed by atoms with Crippen LogP contribution in [0.4, 0.5) is 18.9 Å². The molecule has 0 fully saturated rings. The summed E-state index contributed by atoms with van der Waals surface area (Å²) in [5.41, 5.74) is 1.61. The van der Waals surface area contributed by atoms with Crippen LogP contribution in [0.25, 0.3) is 27.7 Å². The van der Waals surface area contributed by atoms with Gasteiger partial charge in [-0.3, -0.25) is 14.8 Å². The third-order valence-corrected chi connectivity index (χ3v) is 8.03. The molecular formula is C32H28ClF3N6O2S. The summed E-state index contributed by atoms with van der Waals surface area (Å²) in [5.74, 6) is -2.02. The van der Waals surface area contributed by atoms with Gasteiger partial charge >= 0.3 is 0 Å². The van der Waals surface area contributed by atoms with Crippen LogP contribution in [-0.2, 0) is 17.8 Å².